The fraction of sp³-hybridized carbons (Fsp3) is 0.182. The normalized spacial score (nSPS) is 10.4. The fourth-order valence-corrected chi connectivity index (χ4v) is 3.68. The van der Waals surface area contributed by atoms with Gasteiger partial charge < -0.3 is 10.1 Å². The molecule has 1 amide bonds. The second-order valence-corrected chi connectivity index (χ2v) is 7.30. The molecule has 0 spiro atoms. The third-order valence-corrected chi connectivity index (χ3v) is 5.52. The second-order valence-electron chi connectivity index (χ2n) is 6.16. The van der Waals surface area contributed by atoms with Gasteiger partial charge in [0, 0.05) is 16.1 Å². The van der Waals surface area contributed by atoms with Crippen LogP contribution in [0.4, 0.5) is 5.69 Å². The van der Waals surface area contributed by atoms with Gasteiger partial charge in [-0.1, -0.05) is 37.3 Å². The Hall–Kier alpha value is -2.92. The first-order valence-electron chi connectivity index (χ1n) is 8.78. The van der Waals surface area contributed by atoms with Crippen molar-refractivity contribution in [1.82, 2.24) is 0 Å². The van der Waals surface area contributed by atoms with Crippen molar-refractivity contribution in [3.8, 4) is 0 Å². The average molecular weight is 379 g/mol. The highest BCUT2D eigenvalue weighted by molar-refractivity contribution is 7.14. The van der Waals surface area contributed by atoms with E-state index in [1.807, 2.05) is 43.3 Å². The van der Waals surface area contributed by atoms with E-state index in [0.717, 1.165) is 23.2 Å². The number of rotatable bonds is 6. The van der Waals surface area contributed by atoms with E-state index < -0.39 is 0 Å². The molecular formula is C22H21NO3S. The number of para-hydroxylation sites is 1. The quantitative estimate of drug-likeness (QED) is 0.597. The summed E-state index contributed by atoms with van der Waals surface area (Å²) < 4.78 is 5.39. The van der Waals surface area contributed by atoms with Crippen molar-refractivity contribution in [1.29, 1.82) is 0 Å². The molecular weight excluding hydrogens is 358 g/mol. The topological polar surface area (TPSA) is 55.4 Å². The van der Waals surface area contributed by atoms with Crippen LogP contribution < -0.4 is 5.32 Å². The van der Waals surface area contributed by atoms with Gasteiger partial charge in [-0.15, -0.1) is 11.3 Å². The standard InChI is InChI=1S/C22H21NO3S/c1-3-19-15(2)13-20(27-19)22(25)26-14-16-9-11-17(12-10-16)21(24)23-18-7-5-4-6-8-18/h4-13H,3,14H2,1-2H3,(H,23,24). The van der Waals surface area contributed by atoms with E-state index in [2.05, 4.69) is 12.2 Å². The summed E-state index contributed by atoms with van der Waals surface area (Å²) in [5.74, 6) is -0.486. The molecule has 0 saturated heterocycles. The van der Waals surface area contributed by atoms with Crippen molar-refractivity contribution in [2.75, 3.05) is 5.32 Å². The lowest BCUT2D eigenvalue weighted by Gasteiger charge is -2.07. The molecule has 1 heterocycles. The maximum atomic E-state index is 12.2. The molecule has 0 saturated carbocycles. The van der Waals surface area contributed by atoms with Crippen LogP contribution in [0.15, 0.2) is 60.7 Å². The summed E-state index contributed by atoms with van der Waals surface area (Å²) in [4.78, 5) is 26.3. The Bertz CT molecular complexity index is 930. The molecule has 1 aromatic heterocycles. The van der Waals surface area contributed by atoms with Crippen LogP contribution in [0.1, 0.15) is 43.0 Å². The molecule has 0 atom stereocenters. The lowest BCUT2D eigenvalue weighted by atomic mass is 10.1. The molecule has 138 valence electrons. The maximum absolute atomic E-state index is 12.2. The molecule has 1 N–H and O–H groups in total. The van der Waals surface area contributed by atoms with E-state index in [4.69, 9.17) is 4.74 Å². The summed E-state index contributed by atoms with van der Waals surface area (Å²) in [6.45, 7) is 4.26. The lowest BCUT2D eigenvalue weighted by molar-refractivity contribution is 0.0478. The van der Waals surface area contributed by atoms with Crippen molar-refractivity contribution in [3.63, 3.8) is 0 Å². The Morgan fingerprint density at radius 2 is 1.74 bits per heavy atom. The number of hydrogen-bond acceptors (Lipinski definition) is 4. The van der Waals surface area contributed by atoms with Crippen LogP contribution >= 0.6 is 11.3 Å². The Morgan fingerprint density at radius 3 is 2.37 bits per heavy atom. The Labute approximate surface area is 162 Å². The molecule has 3 aromatic rings. The van der Waals surface area contributed by atoms with Crippen molar-refractivity contribution in [3.05, 3.63) is 87.1 Å². The van der Waals surface area contributed by atoms with Crippen molar-refractivity contribution in [2.45, 2.75) is 26.9 Å². The first kappa shape index (κ1) is 18.9. The minimum Gasteiger partial charge on any atom is -0.457 e. The number of aryl methyl sites for hydroxylation is 2. The number of thiophene rings is 1. The molecule has 0 unspecified atom stereocenters. The van der Waals surface area contributed by atoms with Crippen LogP contribution in [0.5, 0.6) is 0 Å². The summed E-state index contributed by atoms with van der Waals surface area (Å²) in [5.41, 5.74) is 3.26. The largest absolute Gasteiger partial charge is 0.457 e. The zero-order valence-electron chi connectivity index (χ0n) is 15.3. The summed E-state index contributed by atoms with van der Waals surface area (Å²) in [7, 11) is 0. The number of carbonyl (C=O) groups excluding carboxylic acids is 2. The van der Waals surface area contributed by atoms with E-state index in [-0.39, 0.29) is 18.5 Å². The first-order valence-corrected chi connectivity index (χ1v) is 9.60. The lowest BCUT2D eigenvalue weighted by Crippen LogP contribution is -2.11. The van der Waals surface area contributed by atoms with Gasteiger partial charge in [-0.3, -0.25) is 4.79 Å². The van der Waals surface area contributed by atoms with Crippen LogP contribution in [0.3, 0.4) is 0 Å². The number of hydrogen-bond donors (Lipinski definition) is 1. The van der Waals surface area contributed by atoms with Gasteiger partial charge in [0.15, 0.2) is 0 Å². The number of nitrogens with one attached hydrogen (secondary N) is 1. The third-order valence-electron chi connectivity index (χ3n) is 4.16. The molecule has 3 rings (SSSR count). The molecule has 2 aromatic carbocycles. The summed E-state index contributed by atoms with van der Waals surface area (Å²) in [6, 6.07) is 18.2. The van der Waals surface area contributed by atoms with Crippen LogP contribution in [-0.2, 0) is 17.8 Å². The number of esters is 1. The monoisotopic (exact) mass is 379 g/mol. The first-order chi connectivity index (χ1) is 13.1. The van der Waals surface area contributed by atoms with Crippen molar-refractivity contribution < 1.29 is 14.3 Å². The second kappa shape index (κ2) is 8.64. The smallest absolute Gasteiger partial charge is 0.348 e. The van der Waals surface area contributed by atoms with E-state index in [9.17, 15) is 9.59 Å². The molecule has 0 aliphatic rings. The van der Waals surface area contributed by atoms with Crippen LogP contribution in [0.25, 0.3) is 0 Å². The summed E-state index contributed by atoms with van der Waals surface area (Å²) in [6.07, 6.45) is 0.913. The summed E-state index contributed by atoms with van der Waals surface area (Å²) >= 11 is 1.48. The van der Waals surface area contributed by atoms with Gasteiger partial charge in [0.1, 0.15) is 11.5 Å². The summed E-state index contributed by atoms with van der Waals surface area (Å²) in [5, 5.41) is 2.84. The van der Waals surface area contributed by atoms with Crippen LogP contribution in [0.2, 0.25) is 0 Å². The van der Waals surface area contributed by atoms with E-state index >= 15 is 0 Å². The molecule has 5 heteroatoms. The zero-order valence-corrected chi connectivity index (χ0v) is 16.1. The van der Waals surface area contributed by atoms with Crippen molar-refractivity contribution in [2.24, 2.45) is 0 Å². The molecule has 27 heavy (non-hydrogen) atoms. The van der Waals surface area contributed by atoms with Gasteiger partial charge in [0.25, 0.3) is 5.91 Å². The van der Waals surface area contributed by atoms with Gasteiger partial charge in [-0.05, 0) is 54.8 Å². The molecule has 0 aliphatic carbocycles. The van der Waals surface area contributed by atoms with E-state index in [1.165, 1.54) is 16.2 Å². The molecule has 0 bridgehead atoms. The number of carbonyl (C=O) groups is 2. The van der Waals surface area contributed by atoms with Crippen LogP contribution in [0, 0.1) is 6.92 Å². The van der Waals surface area contributed by atoms with Gasteiger partial charge in [0.05, 0.1) is 0 Å². The average Bonchev–Trinajstić information content (AvgIpc) is 3.08. The number of amides is 1. The highest BCUT2D eigenvalue weighted by atomic mass is 32.1. The van der Waals surface area contributed by atoms with Gasteiger partial charge in [-0.25, -0.2) is 4.79 Å². The zero-order chi connectivity index (χ0) is 19.2. The Kier molecular flexibility index (Phi) is 6.04. The highest BCUT2D eigenvalue weighted by Crippen LogP contribution is 2.23. The maximum Gasteiger partial charge on any atom is 0.348 e. The van der Waals surface area contributed by atoms with Gasteiger partial charge in [-0.2, -0.15) is 0 Å². The van der Waals surface area contributed by atoms with Gasteiger partial charge in [0.2, 0.25) is 0 Å². The number of ether oxygens (including phenoxy) is 1. The molecule has 4 nitrogen and oxygen atoms in total. The molecule has 0 fully saturated rings. The van der Waals surface area contributed by atoms with E-state index in [0.29, 0.717) is 10.4 Å². The molecule has 0 aliphatic heterocycles. The van der Waals surface area contributed by atoms with Gasteiger partial charge >= 0.3 is 5.97 Å². The SMILES string of the molecule is CCc1sc(C(=O)OCc2ccc(C(=O)Nc3ccccc3)cc2)cc1C. The predicted molar refractivity (Wildman–Crippen MR) is 108 cm³/mol. The third kappa shape index (κ3) is 4.83. The number of anilines is 1. The Balaban J connectivity index is 1.57. The minimum absolute atomic E-state index is 0.175. The van der Waals surface area contributed by atoms with E-state index in [1.54, 1.807) is 24.3 Å². The minimum atomic E-state index is -0.311. The predicted octanol–water partition coefficient (Wildman–Crippen LogP) is 5.23. The number of benzene rings is 2. The van der Waals surface area contributed by atoms with Crippen molar-refractivity contribution >= 4 is 28.9 Å². The Morgan fingerprint density at radius 1 is 1.04 bits per heavy atom. The van der Waals surface area contributed by atoms with Crippen LogP contribution in [-0.4, -0.2) is 11.9 Å². The highest BCUT2D eigenvalue weighted by Gasteiger charge is 2.13. The molecule has 0 radical (unpaired) electrons. The fourth-order valence-electron chi connectivity index (χ4n) is 2.67.